The molecule has 0 aliphatic rings. The lowest BCUT2D eigenvalue weighted by molar-refractivity contribution is 0.0933. The van der Waals surface area contributed by atoms with E-state index in [1.54, 1.807) is 22.8 Å². The molecule has 0 radical (unpaired) electrons. The summed E-state index contributed by atoms with van der Waals surface area (Å²) in [5, 5.41) is 0.950. The van der Waals surface area contributed by atoms with Crippen molar-refractivity contribution in [2.45, 2.75) is 13.5 Å². The molecule has 2 aromatic carbocycles. The monoisotopic (exact) mass is 334 g/mol. The van der Waals surface area contributed by atoms with Crippen molar-refractivity contribution in [2.24, 2.45) is 0 Å². The first-order valence-corrected chi connectivity index (χ1v) is 7.37. The first-order valence-electron chi connectivity index (χ1n) is 6.61. The molecule has 3 aromatic rings. The average Bonchev–Trinajstić information content (AvgIpc) is 2.84. The number of imidazole rings is 1. The zero-order chi connectivity index (χ0) is 15.7. The number of nitrogens with zero attached hydrogens (tertiary/aromatic N) is 2. The zero-order valence-corrected chi connectivity index (χ0v) is 13.2. The van der Waals surface area contributed by atoms with Crippen molar-refractivity contribution in [1.82, 2.24) is 9.55 Å². The van der Waals surface area contributed by atoms with Gasteiger partial charge < -0.3 is 4.74 Å². The van der Waals surface area contributed by atoms with Gasteiger partial charge in [0.1, 0.15) is 12.4 Å². The lowest BCUT2D eigenvalue weighted by atomic mass is 10.3. The van der Waals surface area contributed by atoms with Gasteiger partial charge in [0.2, 0.25) is 5.91 Å². The van der Waals surface area contributed by atoms with Gasteiger partial charge in [-0.25, -0.2) is 4.98 Å². The van der Waals surface area contributed by atoms with Crippen LogP contribution in [0.25, 0.3) is 11.0 Å². The van der Waals surface area contributed by atoms with Crippen molar-refractivity contribution in [3.8, 4) is 5.75 Å². The molecule has 0 amide bonds. The number of rotatable bonds is 3. The van der Waals surface area contributed by atoms with Crippen molar-refractivity contribution < 1.29 is 9.53 Å². The molecule has 0 bridgehead atoms. The molecular weight excluding hydrogens is 323 g/mol. The second kappa shape index (κ2) is 5.99. The van der Waals surface area contributed by atoms with E-state index in [0.717, 1.165) is 11.0 Å². The Morgan fingerprint density at radius 1 is 1.23 bits per heavy atom. The number of aromatic nitrogens is 2. The lowest BCUT2D eigenvalue weighted by Gasteiger charge is -2.09. The normalized spacial score (nSPS) is 10.9. The highest BCUT2D eigenvalue weighted by molar-refractivity contribution is 6.35. The molecule has 1 heterocycles. The van der Waals surface area contributed by atoms with E-state index in [0.29, 0.717) is 21.6 Å². The van der Waals surface area contributed by atoms with Gasteiger partial charge in [-0.05, 0) is 30.3 Å². The second-order valence-corrected chi connectivity index (χ2v) is 5.58. The summed E-state index contributed by atoms with van der Waals surface area (Å²) < 4.78 is 7.21. The number of halogens is 2. The zero-order valence-electron chi connectivity index (χ0n) is 11.7. The number of carbonyl (C=O) groups excluding carboxylic acids is 1. The Bertz CT molecular complexity index is 858. The van der Waals surface area contributed by atoms with Gasteiger partial charge in [0.15, 0.2) is 5.82 Å². The summed E-state index contributed by atoms with van der Waals surface area (Å²) in [4.78, 5) is 16.3. The van der Waals surface area contributed by atoms with Crippen LogP contribution < -0.4 is 4.74 Å². The molecule has 1 aromatic heterocycles. The summed E-state index contributed by atoms with van der Waals surface area (Å²) in [6.45, 7) is 1.63. The van der Waals surface area contributed by atoms with E-state index in [9.17, 15) is 4.79 Å². The standard InChI is InChI=1S/C16H12Cl2N2O2/c1-10(21)20-14-5-3-2-4-13(14)19-16(20)9-22-15-7-6-11(17)8-12(15)18/h2-8H,9H2,1H3. The fourth-order valence-electron chi connectivity index (χ4n) is 2.26. The van der Waals surface area contributed by atoms with Crippen LogP contribution >= 0.6 is 23.2 Å². The highest BCUT2D eigenvalue weighted by atomic mass is 35.5. The molecule has 6 heteroatoms. The van der Waals surface area contributed by atoms with Gasteiger partial charge in [-0.3, -0.25) is 9.36 Å². The maximum absolute atomic E-state index is 11.9. The highest BCUT2D eigenvalue weighted by Crippen LogP contribution is 2.28. The van der Waals surface area contributed by atoms with E-state index in [1.165, 1.54) is 6.92 Å². The van der Waals surface area contributed by atoms with Crippen molar-refractivity contribution >= 4 is 40.1 Å². The summed E-state index contributed by atoms with van der Waals surface area (Å²) >= 11 is 11.9. The number of para-hydroxylation sites is 2. The van der Waals surface area contributed by atoms with Crippen molar-refractivity contribution in [2.75, 3.05) is 0 Å². The largest absolute Gasteiger partial charge is 0.484 e. The molecule has 0 spiro atoms. The Morgan fingerprint density at radius 3 is 2.73 bits per heavy atom. The second-order valence-electron chi connectivity index (χ2n) is 4.73. The summed E-state index contributed by atoms with van der Waals surface area (Å²) in [7, 11) is 0. The van der Waals surface area contributed by atoms with Gasteiger partial charge in [0, 0.05) is 11.9 Å². The molecule has 0 fully saturated rings. The summed E-state index contributed by atoms with van der Waals surface area (Å²) in [6, 6.07) is 12.4. The number of hydrogen-bond donors (Lipinski definition) is 0. The third-order valence-corrected chi connectivity index (χ3v) is 3.73. The number of carbonyl (C=O) groups is 1. The average molecular weight is 335 g/mol. The summed E-state index contributed by atoms with van der Waals surface area (Å²) in [6.07, 6.45) is 0. The molecule has 22 heavy (non-hydrogen) atoms. The Labute approximate surface area is 137 Å². The van der Waals surface area contributed by atoms with E-state index in [4.69, 9.17) is 27.9 Å². The molecule has 0 saturated heterocycles. The number of hydrogen-bond acceptors (Lipinski definition) is 3. The fourth-order valence-corrected chi connectivity index (χ4v) is 2.72. The third-order valence-electron chi connectivity index (χ3n) is 3.20. The maximum atomic E-state index is 11.9. The van der Waals surface area contributed by atoms with Gasteiger partial charge in [-0.1, -0.05) is 35.3 Å². The Morgan fingerprint density at radius 2 is 2.00 bits per heavy atom. The van der Waals surface area contributed by atoms with E-state index in [1.807, 2.05) is 24.3 Å². The van der Waals surface area contributed by atoms with Crippen LogP contribution in [0.3, 0.4) is 0 Å². The van der Waals surface area contributed by atoms with Gasteiger partial charge >= 0.3 is 0 Å². The molecule has 0 aliphatic heterocycles. The van der Waals surface area contributed by atoms with Crippen LogP contribution in [0.5, 0.6) is 5.75 Å². The van der Waals surface area contributed by atoms with E-state index in [2.05, 4.69) is 4.98 Å². The highest BCUT2D eigenvalue weighted by Gasteiger charge is 2.14. The minimum absolute atomic E-state index is 0.116. The van der Waals surface area contributed by atoms with Gasteiger partial charge in [-0.15, -0.1) is 0 Å². The smallest absolute Gasteiger partial charge is 0.229 e. The molecule has 4 nitrogen and oxygen atoms in total. The maximum Gasteiger partial charge on any atom is 0.229 e. The third kappa shape index (κ3) is 2.80. The first-order chi connectivity index (χ1) is 10.6. The number of ether oxygens (including phenoxy) is 1. The quantitative estimate of drug-likeness (QED) is 0.704. The minimum atomic E-state index is -0.116. The number of fused-ring (bicyclic) bond motifs is 1. The van der Waals surface area contributed by atoms with Crippen LogP contribution in [-0.4, -0.2) is 15.5 Å². The van der Waals surface area contributed by atoms with Crippen molar-refractivity contribution in [3.05, 3.63) is 58.3 Å². The Kier molecular flexibility index (Phi) is 4.05. The van der Waals surface area contributed by atoms with Crippen molar-refractivity contribution in [1.29, 1.82) is 0 Å². The molecule has 0 atom stereocenters. The van der Waals surface area contributed by atoms with Crippen LogP contribution in [0, 0.1) is 0 Å². The van der Waals surface area contributed by atoms with Gasteiger partial charge in [0.25, 0.3) is 0 Å². The molecule has 112 valence electrons. The predicted octanol–water partition coefficient (Wildman–Crippen LogP) is 4.58. The molecule has 0 unspecified atom stereocenters. The molecule has 3 rings (SSSR count). The molecule has 0 aliphatic carbocycles. The van der Waals surface area contributed by atoms with Gasteiger partial charge in [0.05, 0.1) is 16.1 Å². The Balaban J connectivity index is 1.93. The van der Waals surface area contributed by atoms with Crippen molar-refractivity contribution in [3.63, 3.8) is 0 Å². The molecule has 0 saturated carbocycles. The van der Waals surface area contributed by atoms with E-state index < -0.39 is 0 Å². The SMILES string of the molecule is CC(=O)n1c(COc2ccc(Cl)cc2Cl)nc2ccccc21. The lowest BCUT2D eigenvalue weighted by Crippen LogP contribution is -2.12. The molecule has 0 N–H and O–H groups in total. The topological polar surface area (TPSA) is 44.1 Å². The van der Waals surface area contributed by atoms with E-state index >= 15 is 0 Å². The first kappa shape index (κ1) is 14.9. The number of benzene rings is 2. The van der Waals surface area contributed by atoms with Crippen LogP contribution in [0.4, 0.5) is 0 Å². The van der Waals surface area contributed by atoms with E-state index in [-0.39, 0.29) is 12.5 Å². The summed E-state index contributed by atoms with van der Waals surface area (Å²) in [5.41, 5.74) is 1.51. The van der Waals surface area contributed by atoms with Crippen LogP contribution in [-0.2, 0) is 6.61 Å². The predicted molar refractivity (Wildman–Crippen MR) is 86.8 cm³/mol. The fraction of sp³-hybridized carbons (Fsp3) is 0.125. The van der Waals surface area contributed by atoms with Gasteiger partial charge in [-0.2, -0.15) is 0 Å². The Hall–Kier alpha value is -2.04. The molecular formula is C16H12Cl2N2O2. The minimum Gasteiger partial charge on any atom is -0.484 e. The van der Waals surface area contributed by atoms with Crippen LogP contribution in [0.2, 0.25) is 10.0 Å². The van der Waals surface area contributed by atoms with Crippen LogP contribution in [0.15, 0.2) is 42.5 Å². The summed E-state index contributed by atoms with van der Waals surface area (Å²) in [5.74, 6) is 0.905. The van der Waals surface area contributed by atoms with Crippen LogP contribution in [0.1, 0.15) is 17.5 Å².